The number of piperazine rings is 1. The molecule has 2 aromatic carbocycles. The van der Waals surface area contributed by atoms with Crippen LogP contribution in [0.2, 0.25) is 5.02 Å². The number of benzene rings is 2. The fourth-order valence-electron chi connectivity index (χ4n) is 4.52. The van der Waals surface area contributed by atoms with Gasteiger partial charge in [0.2, 0.25) is 10.0 Å². The molecule has 2 saturated heterocycles. The van der Waals surface area contributed by atoms with Gasteiger partial charge in [0.05, 0.1) is 17.7 Å². The van der Waals surface area contributed by atoms with Crippen molar-refractivity contribution >= 4 is 33.2 Å². The molecule has 2 aliphatic heterocycles. The molecule has 0 aliphatic carbocycles. The molecular weight excluding hydrogens is 462 g/mol. The molecule has 33 heavy (non-hydrogen) atoms. The van der Waals surface area contributed by atoms with Crippen LogP contribution in [0.25, 0.3) is 0 Å². The number of anilines is 1. The Morgan fingerprint density at radius 1 is 1.03 bits per heavy atom. The van der Waals surface area contributed by atoms with Gasteiger partial charge >= 0.3 is 0 Å². The van der Waals surface area contributed by atoms with Crippen molar-refractivity contribution in [2.24, 2.45) is 5.92 Å². The number of halogens is 1. The van der Waals surface area contributed by atoms with E-state index in [0.717, 1.165) is 18.5 Å². The van der Waals surface area contributed by atoms with Crippen molar-refractivity contribution < 1.29 is 17.9 Å². The molecule has 2 aromatic rings. The summed E-state index contributed by atoms with van der Waals surface area (Å²) in [7, 11) is -1.99. The second kappa shape index (κ2) is 9.91. The third kappa shape index (κ3) is 5.13. The van der Waals surface area contributed by atoms with Gasteiger partial charge in [-0.2, -0.15) is 4.31 Å². The van der Waals surface area contributed by atoms with Crippen LogP contribution in [0.4, 0.5) is 5.69 Å². The second-order valence-corrected chi connectivity index (χ2v) is 11.1. The topological polar surface area (TPSA) is 70.2 Å². The van der Waals surface area contributed by atoms with E-state index in [1.807, 2.05) is 4.90 Å². The molecule has 7 nitrogen and oxygen atoms in total. The zero-order valence-electron chi connectivity index (χ0n) is 19.0. The van der Waals surface area contributed by atoms with Crippen LogP contribution in [0.3, 0.4) is 0 Å². The van der Waals surface area contributed by atoms with E-state index in [0.29, 0.717) is 61.5 Å². The molecule has 178 valence electrons. The summed E-state index contributed by atoms with van der Waals surface area (Å²) in [5, 5.41) is 0.595. The van der Waals surface area contributed by atoms with Gasteiger partial charge in [0.25, 0.3) is 5.91 Å². The molecular formula is C24H30ClN3O4S. The highest BCUT2D eigenvalue weighted by molar-refractivity contribution is 7.89. The maximum absolute atomic E-state index is 13.3. The van der Waals surface area contributed by atoms with E-state index in [-0.39, 0.29) is 10.8 Å². The fraction of sp³-hybridized carbons (Fsp3) is 0.458. The first-order valence-corrected chi connectivity index (χ1v) is 13.1. The van der Waals surface area contributed by atoms with E-state index < -0.39 is 10.0 Å². The Morgan fingerprint density at radius 3 is 2.36 bits per heavy atom. The van der Waals surface area contributed by atoms with Gasteiger partial charge in [-0.05, 0) is 61.2 Å². The number of sulfonamides is 1. The Kier molecular flexibility index (Phi) is 7.16. The molecule has 2 fully saturated rings. The highest BCUT2D eigenvalue weighted by atomic mass is 35.5. The van der Waals surface area contributed by atoms with Crippen molar-refractivity contribution in [2.75, 3.05) is 51.3 Å². The zero-order chi connectivity index (χ0) is 23.6. The van der Waals surface area contributed by atoms with Crippen LogP contribution in [0.15, 0.2) is 47.4 Å². The summed E-state index contributed by atoms with van der Waals surface area (Å²) < 4.78 is 33.7. The third-order valence-corrected chi connectivity index (χ3v) is 8.52. The van der Waals surface area contributed by atoms with E-state index in [1.165, 1.54) is 0 Å². The Labute approximate surface area is 200 Å². The third-order valence-electron chi connectivity index (χ3n) is 6.41. The Bertz CT molecular complexity index is 1100. The van der Waals surface area contributed by atoms with E-state index in [2.05, 4.69) is 11.8 Å². The summed E-state index contributed by atoms with van der Waals surface area (Å²) in [6.45, 7) is 5.43. The SMILES string of the molecule is COc1ccc(S(=O)(=O)N2CCCC(C)C2)cc1N1CCN(C(=O)c2ccc(Cl)cc2)CC1. The largest absolute Gasteiger partial charge is 0.495 e. The lowest BCUT2D eigenvalue weighted by atomic mass is 10.0. The number of carbonyl (C=O) groups is 1. The van der Waals surface area contributed by atoms with Crippen molar-refractivity contribution in [3.63, 3.8) is 0 Å². The molecule has 0 bridgehead atoms. The summed E-state index contributed by atoms with van der Waals surface area (Å²) >= 11 is 5.93. The molecule has 0 saturated carbocycles. The average molecular weight is 492 g/mol. The number of hydrogen-bond acceptors (Lipinski definition) is 5. The van der Waals surface area contributed by atoms with E-state index in [4.69, 9.17) is 16.3 Å². The van der Waals surface area contributed by atoms with Crippen LogP contribution in [0, 0.1) is 5.92 Å². The quantitative estimate of drug-likeness (QED) is 0.637. The normalized spacial score (nSPS) is 20.0. The Morgan fingerprint density at radius 2 is 1.73 bits per heavy atom. The lowest BCUT2D eigenvalue weighted by Crippen LogP contribution is -2.49. The van der Waals surface area contributed by atoms with Crippen LogP contribution in [-0.4, -0.2) is 69.9 Å². The molecule has 0 aromatic heterocycles. The van der Waals surface area contributed by atoms with Gasteiger partial charge < -0.3 is 14.5 Å². The van der Waals surface area contributed by atoms with Crippen molar-refractivity contribution in [1.82, 2.24) is 9.21 Å². The number of nitrogens with zero attached hydrogens (tertiary/aromatic N) is 3. The Hall–Kier alpha value is -2.29. The maximum atomic E-state index is 13.3. The zero-order valence-corrected chi connectivity index (χ0v) is 20.6. The number of carbonyl (C=O) groups excluding carboxylic acids is 1. The van der Waals surface area contributed by atoms with Gasteiger partial charge in [0.1, 0.15) is 5.75 Å². The summed E-state index contributed by atoms with van der Waals surface area (Å²) in [6, 6.07) is 11.9. The average Bonchev–Trinajstić information content (AvgIpc) is 2.84. The highest BCUT2D eigenvalue weighted by Gasteiger charge is 2.30. The first-order valence-electron chi connectivity index (χ1n) is 11.3. The number of rotatable bonds is 5. The van der Waals surface area contributed by atoms with Crippen molar-refractivity contribution in [3.05, 3.63) is 53.1 Å². The number of hydrogen-bond donors (Lipinski definition) is 0. The fourth-order valence-corrected chi connectivity index (χ4v) is 6.26. The molecule has 0 spiro atoms. The highest BCUT2D eigenvalue weighted by Crippen LogP contribution is 2.34. The molecule has 9 heteroatoms. The molecule has 4 rings (SSSR count). The Balaban J connectivity index is 1.51. The molecule has 1 unspecified atom stereocenters. The van der Waals surface area contributed by atoms with Crippen molar-refractivity contribution in [3.8, 4) is 5.75 Å². The predicted molar refractivity (Wildman–Crippen MR) is 130 cm³/mol. The van der Waals surface area contributed by atoms with Crippen LogP contribution in [0.1, 0.15) is 30.1 Å². The van der Waals surface area contributed by atoms with Gasteiger partial charge in [0, 0.05) is 49.9 Å². The van der Waals surface area contributed by atoms with Crippen LogP contribution >= 0.6 is 11.6 Å². The number of ether oxygens (including phenoxy) is 1. The lowest BCUT2D eigenvalue weighted by Gasteiger charge is -2.37. The first-order chi connectivity index (χ1) is 15.8. The van der Waals surface area contributed by atoms with Crippen LogP contribution < -0.4 is 9.64 Å². The van der Waals surface area contributed by atoms with Gasteiger partial charge in [-0.15, -0.1) is 0 Å². The maximum Gasteiger partial charge on any atom is 0.253 e. The van der Waals surface area contributed by atoms with E-state index in [9.17, 15) is 13.2 Å². The summed E-state index contributed by atoms with van der Waals surface area (Å²) in [5.41, 5.74) is 1.34. The van der Waals surface area contributed by atoms with Gasteiger partial charge in [-0.1, -0.05) is 18.5 Å². The van der Waals surface area contributed by atoms with Gasteiger partial charge in [-0.25, -0.2) is 8.42 Å². The molecule has 0 N–H and O–H groups in total. The number of piperidine rings is 1. The lowest BCUT2D eigenvalue weighted by molar-refractivity contribution is 0.0746. The van der Waals surface area contributed by atoms with E-state index >= 15 is 0 Å². The minimum absolute atomic E-state index is 0.0335. The van der Waals surface area contributed by atoms with Crippen LogP contribution in [-0.2, 0) is 10.0 Å². The summed E-state index contributed by atoms with van der Waals surface area (Å²) in [4.78, 5) is 17.0. The standard InChI is InChI=1S/C24H30ClN3O4S/c1-18-4-3-11-28(17-18)33(30,31)21-9-10-23(32-2)22(16-21)26-12-14-27(15-13-26)24(29)19-5-7-20(25)8-6-19/h5-10,16,18H,3-4,11-15,17H2,1-2H3. The molecule has 2 aliphatic rings. The monoisotopic (exact) mass is 491 g/mol. The molecule has 2 heterocycles. The van der Waals surface area contributed by atoms with Gasteiger partial charge in [-0.3, -0.25) is 4.79 Å². The van der Waals surface area contributed by atoms with E-state index in [1.54, 1.807) is 53.9 Å². The summed E-state index contributed by atoms with van der Waals surface area (Å²) in [6.07, 6.45) is 1.94. The second-order valence-electron chi connectivity index (χ2n) is 8.73. The van der Waals surface area contributed by atoms with Crippen molar-refractivity contribution in [2.45, 2.75) is 24.7 Å². The number of methoxy groups -OCH3 is 1. The number of amides is 1. The minimum atomic E-state index is -3.57. The molecule has 0 radical (unpaired) electrons. The molecule has 1 amide bonds. The van der Waals surface area contributed by atoms with Crippen molar-refractivity contribution in [1.29, 1.82) is 0 Å². The smallest absolute Gasteiger partial charge is 0.253 e. The first kappa shape index (κ1) is 23.9. The van der Waals surface area contributed by atoms with Gasteiger partial charge in [0.15, 0.2) is 0 Å². The summed E-state index contributed by atoms with van der Waals surface area (Å²) in [5.74, 6) is 0.949. The molecule has 1 atom stereocenters. The van der Waals surface area contributed by atoms with Crippen LogP contribution in [0.5, 0.6) is 5.75 Å². The minimum Gasteiger partial charge on any atom is -0.495 e. The predicted octanol–water partition coefficient (Wildman–Crippen LogP) is 3.73.